The van der Waals surface area contributed by atoms with Crippen LogP contribution in [0.25, 0.3) is 11.3 Å². The van der Waals surface area contributed by atoms with Crippen molar-refractivity contribution in [2.45, 2.75) is 13.3 Å². The van der Waals surface area contributed by atoms with Crippen LogP contribution in [0.4, 0.5) is 11.6 Å². The van der Waals surface area contributed by atoms with Gasteiger partial charge in [0.05, 0.1) is 5.69 Å². The molecule has 0 aliphatic heterocycles. The van der Waals surface area contributed by atoms with Gasteiger partial charge in [-0.1, -0.05) is 6.07 Å². The first-order chi connectivity index (χ1) is 13.0. The number of likely N-dealkylation sites (N-methyl/N-ethyl adjacent to an activating group) is 1. The Morgan fingerprint density at radius 3 is 2.56 bits per heavy atom. The van der Waals surface area contributed by atoms with E-state index in [2.05, 4.69) is 35.4 Å². The minimum Gasteiger partial charge on any atom is -0.388 e. The fourth-order valence-electron chi connectivity index (χ4n) is 3.06. The lowest BCUT2D eigenvalue weighted by atomic mass is 10.0. The van der Waals surface area contributed by atoms with E-state index in [0.717, 1.165) is 24.2 Å². The van der Waals surface area contributed by atoms with Crippen molar-refractivity contribution in [1.29, 1.82) is 0 Å². The fourth-order valence-corrected chi connectivity index (χ4v) is 3.06. The molecular formula is C21H25N5O. The maximum absolute atomic E-state index is 12.4. The Balaban J connectivity index is 1.83. The zero-order chi connectivity index (χ0) is 19.4. The lowest BCUT2D eigenvalue weighted by Gasteiger charge is -2.21. The molecule has 2 aromatic heterocycles. The van der Waals surface area contributed by atoms with Crippen molar-refractivity contribution in [3.8, 4) is 11.3 Å². The maximum atomic E-state index is 12.4. The van der Waals surface area contributed by atoms with E-state index in [0.29, 0.717) is 11.6 Å². The molecule has 0 amide bonds. The molecule has 0 unspecified atom stereocenters. The number of nitrogens with one attached hydrogen (secondary N) is 1. The molecule has 6 nitrogen and oxygen atoms in total. The molecule has 0 bridgehead atoms. The van der Waals surface area contributed by atoms with Gasteiger partial charge in [0, 0.05) is 57.4 Å². The first-order valence-electron chi connectivity index (χ1n) is 8.96. The molecular weight excluding hydrogens is 338 g/mol. The Morgan fingerprint density at radius 2 is 1.89 bits per heavy atom. The molecule has 1 aromatic carbocycles. The number of benzene rings is 1. The summed E-state index contributed by atoms with van der Waals surface area (Å²) in [5, 5.41) is 3.16. The molecule has 0 saturated carbocycles. The van der Waals surface area contributed by atoms with Crippen LogP contribution in [0.1, 0.15) is 11.1 Å². The minimum atomic E-state index is -0.0757. The maximum Gasteiger partial charge on any atom is 0.255 e. The van der Waals surface area contributed by atoms with Crippen LogP contribution in [0.3, 0.4) is 0 Å². The van der Waals surface area contributed by atoms with Crippen LogP contribution in [-0.4, -0.2) is 35.2 Å². The molecule has 0 saturated heterocycles. The molecule has 0 aliphatic carbocycles. The monoisotopic (exact) mass is 363 g/mol. The van der Waals surface area contributed by atoms with Crippen molar-refractivity contribution >= 4 is 11.6 Å². The van der Waals surface area contributed by atoms with Gasteiger partial charge >= 0.3 is 0 Å². The number of hydrogen-bond donors (Lipinski definition) is 1. The highest BCUT2D eigenvalue weighted by Gasteiger charge is 2.12. The van der Waals surface area contributed by atoms with Crippen molar-refractivity contribution in [3.63, 3.8) is 0 Å². The molecule has 140 valence electrons. The van der Waals surface area contributed by atoms with Crippen molar-refractivity contribution in [2.24, 2.45) is 7.05 Å². The lowest BCUT2D eigenvalue weighted by molar-refractivity contribution is 0.750. The second kappa shape index (κ2) is 8.03. The number of hydrogen-bond acceptors (Lipinski definition) is 5. The van der Waals surface area contributed by atoms with Gasteiger partial charge in [0.25, 0.3) is 5.56 Å². The van der Waals surface area contributed by atoms with E-state index >= 15 is 0 Å². The van der Waals surface area contributed by atoms with E-state index in [-0.39, 0.29) is 5.56 Å². The Kier molecular flexibility index (Phi) is 5.54. The number of aromatic nitrogens is 3. The Hall–Kier alpha value is -3.15. The van der Waals surface area contributed by atoms with Gasteiger partial charge in [-0.15, -0.1) is 0 Å². The van der Waals surface area contributed by atoms with E-state index in [1.165, 1.54) is 11.1 Å². The first-order valence-corrected chi connectivity index (χ1v) is 8.96. The van der Waals surface area contributed by atoms with E-state index < -0.39 is 0 Å². The highest BCUT2D eigenvalue weighted by Crippen LogP contribution is 2.19. The highest BCUT2D eigenvalue weighted by atomic mass is 16.1. The fraction of sp³-hybridized carbons (Fsp3) is 0.286. The van der Waals surface area contributed by atoms with Crippen LogP contribution in [0.5, 0.6) is 0 Å². The zero-order valence-electron chi connectivity index (χ0n) is 16.2. The number of anilines is 2. The molecule has 6 heteroatoms. The molecule has 1 N–H and O–H groups in total. The topological polar surface area (TPSA) is 63.0 Å². The normalized spacial score (nSPS) is 10.7. The van der Waals surface area contributed by atoms with Gasteiger partial charge in [0.15, 0.2) is 0 Å². The second-order valence-electron chi connectivity index (χ2n) is 6.64. The first kappa shape index (κ1) is 18.6. The summed E-state index contributed by atoms with van der Waals surface area (Å²) in [5.74, 6) is 0.652. The number of aryl methyl sites for hydroxylation is 1. The predicted molar refractivity (Wildman–Crippen MR) is 110 cm³/mol. The van der Waals surface area contributed by atoms with Gasteiger partial charge in [-0.2, -0.15) is 0 Å². The standard InChI is InChI=1S/C21H25N5O/c1-15-13-18(22-2)6-5-16(15)9-12-25(3)21-24-19(14-20(27)26(21)4)17-7-10-23-11-8-17/h5-8,10-11,13-14,22H,9,12H2,1-4H3. The van der Waals surface area contributed by atoms with Crippen molar-refractivity contribution < 1.29 is 0 Å². The molecule has 3 rings (SSSR count). The second-order valence-corrected chi connectivity index (χ2v) is 6.64. The third-order valence-corrected chi connectivity index (χ3v) is 4.78. The van der Waals surface area contributed by atoms with E-state index in [1.54, 1.807) is 30.1 Å². The third kappa shape index (κ3) is 4.16. The Bertz CT molecular complexity index is 982. The van der Waals surface area contributed by atoms with Crippen LogP contribution >= 0.6 is 0 Å². The summed E-state index contributed by atoms with van der Waals surface area (Å²) < 4.78 is 1.58. The summed E-state index contributed by atoms with van der Waals surface area (Å²) in [6, 6.07) is 11.7. The van der Waals surface area contributed by atoms with Crippen molar-refractivity contribution in [2.75, 3.05) is 30.9 Å². The summed E-state index contributed by atoms with van der Waals surface area (Å²) >= 11 is 0. The Morgan fingerprint density at radius 1 is 1.15 bits per heavy atom. The van der Waals surface area contributed by atoms with Crippen molar-refractivity contribution in [3.05, 3.63) is 70.3 Å². The zero-order valence-corrected chi connectivity index (χ0v) is 16.2. The number of nitrogens with zero attached hydrogens (tertiary/aromatic N) is 4. The van der Waals surface area contributed by atoms with Crippen molar-refractivity contribution in [1.82, 2.24) is 14.5 Å². The van der Waals surface area contributed by atoms with Crippen LogP contribution in [0, 0.1) is 6.92 Å². The largest absolute Gasteiger partial charge is 0.388 e. The molecule has 0 aliphatic rings. The summed E-state index contributed by atoms with van der Waals surface area (Å²) in [6.07, 6.45) is 4.28. The molecule has 0 atom stereocenters. The van der Waals surface area contributed by atoms with Gasteiger partial charge in [0.2, 0.25) is 5.95 Å². The Labute approximate surface area is 159 Å². The van der Waals surface area contributed by atoms with Gasteiger partial charge in [-0.05, 0) is 48.7 Å². The number of rotatable bonds is 6. The predicted octanol–water partition coefficient (Wildman–Crippen LogP) is 2.87. The SMILES string of the molecule is CNc1ccc(CCN(C)c2nc(-c3ccncc3)cc(=O)n2C)c(C)c1. The molecule has 27 heavy (non-hydrogen) atoms. The molecule has 0 fully saturated rings. The van der Waals surface area contributed by atoms with E-state index in [9.17, 15) is 4.79 Å². The van der Waals surface area contributed by atoms with Crippen LogP contribution in [0.15, 0.2) is 53.6 Å². The van der Waals surface area contributed by atoms with Gasteiger partial charge < -0.3 is 10.2 Å². The summed E-state index contributed by atoms with van der Waals surface area (Å²) in [5.41, 5.74) is 5.12. The van der Waals surface area contributed by atoms with Gasteiger partial charge in [-0.25, -0.2) is 4.98 Å². The van der Waals surface area contributed by atoms with Gasteiger partial charge in [-0.3, -0.25) is 14.3 Å². The molecule has 3 aromatic rings. The van der Waals surface area contributed by atoms with Crippen LogP contribution < -0.4 is 15.8 Å². The average Bonchev–Trinajstić information content (AvgIpc) is 2.69. The smallest absolute Gasteiger partial charge is 0.255 e. The summed E-state index contributed by atoms with van der Waals surface area (Å²) in [6.45, 7) is 2.88. The van der Waals surface area contributed by atoms with E-state index in [1.807, 2.05) is 31.1 Å². The highest BCUT2D eigenvalue weighted by molar-refractivity contribution is 5.59. The quantitative estimate of drug-likeness (QED) is 0.730. The van der Waals surface area contributed by atoms with Crippen LogP contribution in [-0.2, 0) is 13.5 Å². The lowest BCUT2D eigenvalue weighted by Crippen LogP contribution is -2.30. The third-order valence-electron chi connectivity index (χ3n) is 4.78. The average molecular weight is 363 g/mol. The molecule has 0 spiro atoms. The molecule has 2 heterocycles. The number of pyridine rings is 1. The molecule has 0 radical (unpaired) electrons. The minimum absolute atomic E-state index is 0.0757. The summed E-state index contributed by atoms with van der Waals surface area (Å²) in [4.78, 5) is 23.2. The van der Waals surface area contributed by atoms with Crippen LogP contribution in [0.2, 0.25) is 0 Å². The van der Waals surface area contributed by atoms with E-state index in [4.69, 9.17) is 4.98 Å². The van der Waals surface area contributed by atoms with Gasteiger partial charge in [0.1, 0.15) is 0 Å². The summed E-state index contributed by atoms with van der Waals surface area (Å²) in [7, 11) is 5.64.